The van der Waals surface area contributed by atoms with Crippen molar-refractivity contribution in [2.24, 2.45) is 0 Å². The van der Waals surface area contributed by atoms with E-state index in [4.69, 9.17) is 4.74 Å². The van der Waals surface area contributed by atoms with Crippen LogP contribution < -0.4 is 10.6 Å². The molecule has 0 radical (unpaired) electrons. The number of methoxy groups -OCH3 is 1. The van der Waals surface area contributed by atoms with Crippen LogP contribution in [0, 0.1) is 0 Å². The first kappa shape index (κ1) is 16.9. The number of amides is 1. The van der Waals surface area contributed by atoms with Gasteiger partial charge < -0.3 is 15.4 Å². The van der Waals surface area contributed by atoms with E-state index in [0.29, 0.717) is 30.6 Å². The molecule has 6 heteroatoms. The van der Waals surface area contributed by atoms with Gasteiger partial charge in [-0.05, 0) is 23.6 Å². The molecular formula is C17H22N4O2. The summed E-state index contributed by atoms with van der Waals surface area (Å²) in [6, 6.07) is 9.43. The highest BCUT2D eigenvalue weighted by Gasteiger charge is 2.09. The van der Waals surface area contributed by atoms with Gasteiger partial charge >= 0.3 is 0 Å². The van der Waals surface area contributed by atoms with Crippen LogP contribution in [0.3, 0.4) is 0 Å². The lowest BCUT2D eigenvalue weighted by Crippen LogP contribution is -2.15. The number of hydrogen-bond donors (Lipinski definition) is 2. The molecule has 0 aliphatic rings. The molecule has 6 nitrogen and oxygen atoms in total. The van der Waals surface area contributed by atoms with Crippen LogP contribution in [0.15, 0.2) is 36.7 Å². The predicted molar refractivity (Wildman–Crippen MR) is 90.9 cm³/mol. The number of nitrogens with one attached hydrogen (secondary N) is 2. The van der Waals surface area contributed by atoms with Crippen molar-refractivity contribution >= 4 is 17.4 Å². The maximum Gasteiger partial charge on any atom is 0.274 e. The largest absolute Gasteiger partial charge is 0.383 e. The van der Waals surface area contributed by atoms with Crippen LogP contribution in [-0.2, 0) is 4.74 Å². The van der Waals surface area contributed by atoms with Crippen molar-refractivity contribution in [3.8, 4) is 0 Å². The number of rotatable bonds is 7. The third kappa shape index (κ3) is 5.03. The molecule has 0 bridgehead atoms. The Morgan fingerprint density at radius 2 is 1.96 bits per heavy atom. The maximum atomic E-state index is 12.3. The zero-order valence-corrected chi connectivity index (χ0v) is 13.7. The zero-order chi connectivity index (χ0) is 16.7. The molecule has 0 aliphatic heterocycles. The van der Waals surface area contributed by atoms with Gasteiger partial charge in [0.1, 0.15) is 17.8 Å². The monoisotopic (exact) mass is 314 g/mol. The molecule has 0 unspecified atom stereocenters. The van der Waals surface area contributed by atoms with Gasteiger partial charge in [-0.15, -0.1) is 0 Å². The smallest absolute Gasteiger partial charge is 0.274 e. The molecule has 0 saturated carbocycles. The standard InChI is InChI=1S/C17H22N4O2/c1-12(2)13-4-6-14(7-5-13)21-17(22)15-10-16(20-11-19-15)18-8-9-23-3/h4-7,10-12H,8-9H2,1-3H3,(H,21,22)(H,18,19,20). The van der Waals surface area contributed by atoms with Crippen molar-refractivity contribution in [2.75, 3.05) is 30.9 Å². The van der Waals surface area contributed by atoms with E-state index in [1.54, 1.807) is 13.2 Å². The van der Waals surface area contributed by atoms with E-state index in [1.165, 1.54) is 11.9 Å². The van der Waals surface area contributed by atoms with Gasteiger partial charge in [0.2, 0.25) is 0 Å². The van der Waals surface area contributed by atoms with E-state index in [0.717, 1.165) is 5.69 Å². The van der Waals surface area contributed by atoms with Gasteiger partial charge in [-0.25, -0.2) is 9.97 Å². The molecule has 1 amide bonds. The van der Waals surface area contributed by atoms with Crippen molar-refractivity contribution in [3.05, 3.63) is 47.9 Å². The van der Waals surface area contributed by atoms with Crippen LogP contribution in [0.4, 0.5) is 11.5 Å². The normalized spacial score (nSPS) is 10.6. The topological polar surface area (TPSA) is 76.1 Å². The Morgan fingerprint density at radius 3 is 2.61 bits per heavy atom. The van der Waals surface area contributed by atoms with E-state index < -0.39 is 0 Å². The molecule has 1 aromatic heterocycles. The molecule has 0 aliphatic carbocycles. The summed E-state index contributed by atoms with van der Waals surface area (Å²) in [7, 11) is 1.63. The number of carbonyl (C=O) groups excluding carboxylic acids is 1. The molecule has 0 atom stereocenters. The fraction of sp³-hybridized carbons (Fsp3) is 0.353. The highest BCUT2D eigenvalue weighted by Crippen LogP contribution is 2.17. The van der Waals surface area contributed by atoms with E-state index in [2.05, 4.69) is 34.4 Å². The summed E-state index contributed by atoms with van der Waals surface area (Å²) in [6.45, 7) is 5.44. The average Bonchev–Trinajstić information content (AvgIpc) is 2.56. The predicted octanol–water partition coefficient (Wildman–Crippen LogP) is 2.91. The van der Waals surface area contributed by atoms with Gasteiger partial charge in [0.05, 0.1) is 6.61 Å². The Hall–Kier alpha value is -2.47. The third-order valence-electron chi connectivity index (χ3n) is 3.35. The Kier molecular flexibility index (Phi) is 6.05. The SMILES string of the molecule is COCCNc1cc(C(=O)Nc2ccc(C(C)C)cc2)ncn1. The van der Waals surface area contributed by atoms with Gasteiger partial charge in [-0.1, -0.05) is 26.0 Å². The van der Waals surface area contributed by atoms with Gasteiger partial charge in [-0.3, -0.25) is 4.79 Å². The minimum atomic E-state index is -0.264. The van der Waals surface area contributed by atoms with Crippen molar-refractivity contribution in [1.29, 1.82) is 0 Å². The Labute approximate surface area is 136 Å². The summed E-state index contributed by atoms with van der Waals surface area (Å²) >= 11 is 0. The van der Waals surface area contributed by atoms with Gasteiger partial charge in [0.25, 0.3) is 5.91 Å². The summed E-state index contributed by atoms with van der Waals surface area (Å²) in [5.74, 6) is 0.791. The van der Waals surface area contributed by atoms with E-state index in [-0.39, 0.29) is 5.91 Å². The fourth-order valence-electron chi connectivity index (χ4n) is 2.01. The first-order chi connectivity index (χ1) is 11.1. The van der Waals surface area contributed by atoms with Crippen LogP contribution in [0.25, 0.3) is 0 Å². The molecule has 2 N–H and O–H groups in total. The molecule has 2 rings (SSSR count). The lowest BCUT2D eigenvalue weighted by atomic mass is 10.0. The third-order valence-corrected chi connectivity index (χ3v) is 3.35. The molecule has 1 aromatic carbocycles. The van der Waals surface area contributed by atoms with E-state index >= 15 is 0 Å². The number of benzene rings is 1. The second-order valence-electron chi connectivity index (χ2n) is 5.44. The summed E-state index contributed by atoms with van der Waals surface area (Å²) in [5.41, 5.74) is 2.29. The fourth-order valence-corrected chi connectivity index (χ4v) is 2.01. The first-order valence-electron chi connectivity index (χ1n) is 7.56. The van der Waals surface area contributed by atoms with Crippen molar-refractivity contribution in [3.63, 3.8) is 0 Å². The van der Waals surface area contributed by atoms with E-state index in [1.807, 2.05) is 24.3 Å². The Balaban J connectivity index is 2.01. The molecule has 0 fully saturated rings. The average molecular weight is 314 g/mol. The van der Waals surface area contributed by atoms with Crippen molar-refractivity contribution < 1.29 is 9.53 Å². The number of ether oxygens (including phenoxy) is 1. The van der Waals surface area contributed by atoms with Crippen molar-refractivity contribution in [1.82, 2.24) is 9.97 Å². The highest BCUT2D eigenvalue weighted by molar-refractivity contribution is 6.03. The van der Waals surface area contributed by atoms with Crippen LogP contribution in [0.5, 0.6) is 0 Å². The maximum absolute atomic E-state index is 12.3. The van der Waals surface area contributed by atoms with Crippen molar-refractivity contribution in [2.45, 2.75) is 19.8 Å². The second-order valence-corrected chi connectivity index (χ2v) is 5.44. The van der Waals surface area contributed by atoms with Crippen LogP contribution in [0.2, 0.25) is 0 Å². The van der Waals surface area contributed by atoms with Gasteiger partial charge in [0.15, 0.2) is 0 Å². The molecule has 0 spiro atoms. The number of aromatic nitrogens is 2. The minimum Gasteiger partial charge on any atom is -0.383 e. The number of carbonyl (C=O) groups is 1. The van der Waals surface area contributed by atoms with Crippen LogP contribution in [0.1, 0.15) is 35.8 Å². The molecule has 2 aromatic rings. The minimum absolute atomic E-state index is 0.264. The Bertz CT molecular complexity index is 641. The highest BCUT2D eigenvalue weighted by atomic mass is 16.5. The number of anilines is 2. The second kappa shape index (κ2) is 8.24. The molecule has 23 heavy (non-hydrogen) atoms. The van der Waals surface area contributed by atoms with Gasteiger partial charge in [0, 0.05) is 25.4 Å². The summed E-state index contributed by atoms with van der Waals surface area (Å²) in [5, 5.41) is 5.91. The molecule has 122 valence electrons. The van der Waals surface area contributed by atoms with Gasteiger partial charge in [-0.2, -0.15) is 0 Å². The van der Waals surface area contributed by atoms with E-state index in [9.17, 15) is 4.79 Å². The zero-order valence-electron chi connectivity index (χ0n) is 13.7. The Morgan fingerprint density at radius 1 is 1.22 bits per heavy atom. The summed E-state index contributed by atoms with van der Waals surface area (Å²) in [4.78, 5) is 20.4. The summed E-state index contributed by atoms with van der Waals surface area (Å²) in [6.07, 6.45) is 1.37. The number of nitrogens with zero attached hydrogens (tertiary/aromatic N) is 2. The number of hydrogen-bond acceptors (Lipinski definition) is 5. The quantitative estimate of drug-likeness (QED) is 0.769. The molecule has 1 heterocycles. The molecular weight excluding hydrogens is 292 g/mol. The lowest BCUT2D eigenvalue weighted by molar-refractivity contribution is 0.102. The first-order valence-corrected chi connectivity index (χ1v) is 7.56. The summed E-state index contributed by atoms with van der Waals surface area (Å²) < 4.78 is 4.96. The van der Waals surface area contributed by atoms with Crippen LogP contribution in [-0.4, -0.2) is 36.1 Å². The van der Waals surface area contributed by atoms with Crippen LogP contribution >= 0.6 is 0 Å². The molecule has 0 saturated heterocycles. The lowest BCUT2D eigenvalue weighted by Gasteiger charge is -2.09.